The minimum Gasteiger partial charge on any atom is -0.352 e. The predicted octanol–water partition coefficient (Wildman–Crippen LogP) is 6.49. The molecule has 0 bridgehead atoms. The third-order valence-electron chi connectivity index (χ3n) is 8.92. The van der Waals surface area contributed by atoms with Gasteiger partial charge in [0.2, 0.25) is 5.91 Å². The molecule has 4 atom stereocenters. The van der Waals surface area contributed by atoms with E-state index in [9.17, 15) is 24.5 Å². The maximum absolute atomic E-state index is 14.9. The first kappa shape index (κ1) is 26.8. The van der Waals surface area contributed by atoms with Gasteiger partial charge in [-0.3, -0.25) is 24.5 Å². The molecule has 1 N–H and O–H groups in total. The lowest BCUT2D eigenvalue weighted by Gasteiger charge is -2.39. The molecule has 3 aliphatic rings. The number of nitro groups is 1. The number of nitrogens with one attached hydrogen (secondary N) is 1. The molecule has 43 heavy (non-hydrogen) atoms. The summed E-state index contributed by atoms with van der Waals surface area (Å²) in [7, 11) is 0. The number of ketones is 2. The molecule has 0 aromatic heterocycles. The molecule has 1 amide bonds. The highest BCUT2D eigenvalue weighted by atomic mass is 35.5. The van der Waals surface area contributed by atoms with Gasteiger partial charge >= 0.3 is 0 Å². The molecule has 1 spiro atoms. The van der Waals surface area contributed by atoms with Gasteiger partial charge in [0.05, 0.1) is 21.9 Å². The minimum atomic E-state index is -1.53. The average Bonchev–Trinajstić information content (AvgIpc) is 3.49. The van der Waals surface area contributed by atoms with Gasteiger partial charge in [0, 0.05) is 40.2 Å². The largest absolute Gasteiger partial charge is 0.352 e. The second-order valence-corrected chi connectivity index (χ2v) is 11.4. The highest BCUT2D eigenvalue weighted by Crippen LogP contribution is 2.59. The van der Waals surface area contributed by atoms with Crippen LogP contribution in [0.2, 0.25) is 5.02 Å². The molecule has 212 valence electrons. The number of carbonyl (C=O) groups excluding carboxylic acids is 3. The Hall–Kier alpha value is -5.08. The first-order valence-corrected chi connectivity index (χ1v) is 14.2. The SMILES string of the molecule is CC1=C[C@H]2N(c3ccccc31)[C@@H](C(=O)c1ccccc1Cl)[C@@H](C(=O)c1cccc([N+](=O)[O-])c1)[C@]21C(=O)Nc2ccccc21. The zero-order valence-electron chi connectivity index (χ0n) is 22.9. The molecule has 4 aromatic rings. The van der Waals surface area contributed by atoms with E-state index in [1.807, 2.05) is 48.2 Å². The Balaban J connectivity index is 1.56. The van der Waals surface area contributed by atoms with Crippen LogP contribution in [-0.4, -0.2) is 34.5 Å². The van der Waals surface area contributed by atoms with E-state index in [4.69, 9.17) is 11.6 Å². The Morgan fingerprint density at radius 3 is 2.44 bits per heavy atom. The highest BCUT2D eigenvalue weighted by molar-refractivity contribution is 6.34. The van der Waals surface area contributed by atoms with E-state index in [0.717, 1.165) is 11.1 Å². The third-order valence-corrected chi connectivity index (χ3v) is 9.25. The number of hydrogen-bond acceptors (Lipinski definition) is 6. The number of para-hydroxylation sites is 2. The molecule has 9 heteroatoms. The maximum atomic E-state index is 14.9. The van der Waals surface area contributed by atoms with Gasteiger partial charge in [0.15, 0.2) is 11.6 Å². The van der Waals surface area contributed by atoms with Gasteiger partial charge in [-0.25, -0.2) is 0 Å². The molecular formula is C34H24ClN3O5. The number of non-ortho nitro benzene ring substituents is 1. The van der Waals surface area contributed by atoms with Crippen LogP contribution in [0, 0.1) is 16.0 Å². The number of nitrogens with zero attached hydrogens (tertiary/aromatic N) is 2. The van der Waals surface area contributed by atoms with Crippen molar-refractivity contribution in [2.45, 2.75) is 24.4 Å². The lowest BCUT2D eigenvalue weighted by atomic mass is 9.64. The first-order valence-electron chi connectivity index (χ1n) is 13.8. The summed E-state index contributed by atoms with van der Waals surface area (Å²) in [6.45, 7) is 1.95. The van der Waals surface area contributed by atoms with E-state index >= 15 is 0 Å². The number of rotatable bonds is 5. The second-order valence-electron chi connectivity index (χ2n) is 11.0. The maximum Gasteiger partial charge on any atom is 0.270 e. The topological polar surface area (TPSA) is 110 Å². The lowest BCUT2D eigenvalue weighted by molar-refractivity contribution is -0.384. The van der Waals surface area contributed by atoms with Gasteiger partial charge in [0.25, 0.3) is 5.69 Å². The van der Waals surface area contributed by atoms with Crippen LogP contribution >= 0.6 is 11.6 Å². The zero-order chi connectivity index (χ0) is 30.0. The first-order chi connectivity index (χ1) is 20.7. The summed E-state index contributed by atoms with van der Waals surface area (Å²) in [6.07, 6.45) is 1.96. The number of amides is 1. The molecule has 3 aliphatic heterocycles. The molecule has 0 saturated carbocycles. The normalized spacial score (nSPS) is 23.2. The highest BCUT2D eigenvalue weighted by Gasteiger charge is 2.70. The summed E-state index contributed by atoms with van der Waals surface area (Å²) in [5.41, 5.74) is 2.11. The number of allylic oxidation sites excluding steroid dienone is 1. The fourth-order valence-corrected chi connectivity index (χ4v) is 7.39. The quantitative estimate of drug-likeness (QED) is 0.162. The fourth-order valence-electron chi connectivity index (χ4n) is 7.16. The zero-order valence-corrected chi connectivity index (χ0v) is 23.6. The molecular weight excluding hydrogens is 566 g/mol. The van der Waals surface area contributed by atoms with Crippen molar-refractivity contribution in [1.82, 2.24) is 0 Å². The van der Waals surface area contributed by atoms with Crippen molar-refractivity contribution in [2.75, 3.05) is 10.2 Å². The van der Waals surface area contributed by atoms with E-state index in [-0.39, 0.29) is 21.8 Å². The van der Waals surface area contributed by atoms with Crippen molar-refractivity contribution in [1.29, 1.82) is 0 Å². The Labute approximate surface area is 251 Å². The lowest BCUT2D eigenvalue weighted by Crippen LogP contribution is -2.51. The molecule has 1 fully saturated rings. The van der Waals surface area contributed by atoms with E-state index in [2.05, 4.69) is 5.32 Å². The Kier molecular flexibility index (Phi) is 6.07. The van der Waals surface area contributed by atoms with E-state index in [1.165, 1.54) is 24.3 Å². The number of anilines is 2. The summed E-state index contributed by atoms with van der Waals surface area (Å²) >= 11 is 6.57. The summed E-state index contributed by atoms with van der Waals surface area (Å²) in [4.78, 5) is 57.1. The monoisotopic (exact) mass is 589 g/mol. The molecule has 0 aliphatic carbocycles. The molecule has 7 rings (SSSR count). The molecule has 0 radical (unpaired) electrons. The van der Waals surface area contributed by atoms with Crippen LogP contribution in [0.4, 0.5) is 17.1 Å². The smallest absolute Gasteiger partial charge is 0.270 e. The van der Waals surface area contributed by atoms with Gasteiger partial charge in [-0.15, -0.1) is 0 Å². The average molecular weight is 590 g/mol. The third kappa shape index (κ3) is 3.73. The van der Waals surface area contributed by atoms with Crippen LogP contribution in [0.5, 0.6) is 0 Å². The van der Waals surface area contributed by atoms with Crippen LogP contribution in [0.25, 0.3) is 5.57 Å². The van der Waals surface area contributed by atoms with Crippen LogP contribution < -0.4 is 10.2 Å². The molecule has 8 nitrogen and oxygen atoms in total. The van der Waals surface area contributed by atoms with E-state index < -0.39 is 45.8 Å². The van der Waals surface area contributed by atoms with Gasteiger partial charge < -0.3 is 10.2 Å². The van der Waals surface area contributed by atoms with Crippen molar-refractivity contribution in [2.24, 2.45) is 5.92 Å². The number of hydrogen-bond donors (Lipinski definition) is 1. The van der Waals surface area contributed by atoms with Crippen LogP contribution in [-0.2, 0) is 10.2 Å². The predicted molar refractivity (Wildman–Crippen MR) is 164 cm³/mol. The van der Waals surface area contributed by atoms with Gasteiger partial charge in [-0.05, 0) is 42.3 Å². The molecule has 1 saturated heterocycles. The van der Waals surface area contributed by atoms with Crippen molar-refractivity contribution in [3.05, 3.63) is 141 Å². The van der Waals surface area contributed by atoms with E-state index in [1.54, 1.807) is 42.5 Å². The summed E-state index contributed by atoms with van der Waals surface area (Å²) in [5, 5.41) is 14.9. The summed E-state index contributed by atoms with van der Waals surface area (Å²) in [6, 6.07) is 25.0. The number of Topliss-reactive ketones (excluding diaryl/α,β-unsaturated/α-hetero) is 2. The van der Waals surface area contributed by atoms with Gasteiger partial charge in [0.1, 0.15) is 11.5 Å². The van der Waals surface area contributed by atoms with Crippen LogP contribution in [0.1, 0.15) is 38.8 Å². The van der Waals surface area contributed by atoms with Crippen LogP contribution in [0.15, 0.2) is 103 Å². The van der Waals surface area contributed by atoms with Crippen molar-refractivity contribution >= 4 is 51.7 Å². The number of nitro benzene ring substituents is 1. The number of carbonyl (C=O) groups is 3. The molecule has 4 aromatic carbocycles. The van der Waals surface area contributed by atoms with Crippen LogP contribution in [0.3, 0.4) is 0 Å². The Morgan fingerprint density at radius 1 is 0.930 bits per heavy atom. The summed E-state index contributed by atoms with van der Waals surface area (Å²) < 4.78 is 0. The fraction of sp³-hybridized carbons (Fsp3) is 0.147. The van der Waals surface area contributed by atoms with E-state index in [0.29, 0.717) is 16.9 Å². The standard InChI is InChI=1S/C34H24ClN3O5/c1-19-17-28-34(24-13-4-6-15-26(24)36-33(34)41)29(31(39)20-9-8-10-21(18-20)38(42)43)30(32(40)23-12-2-5-14-25(23)35)37(28)27-16-7-3-11-22(19)27/h2-18,28-30H,1H3,(H,36,41)/t28-,29+,30-,34-/m1/s1. The van der Waals surface area contributed by atoms with Gasteiger partial charge in [-0.2, -0.15) is 0 Å². The van der Waals surface area contributed by atoms with Crippen molar-refractivity contribution in [3.8, 4) is 0 Å². The molecule has 3 heterocycles. The minimum absolute atomic E-state index is 0.0431. The summed E-state index contributed by atoms with van der Waals surface area (Å²) in [5.74, 6) is -2.64. The van der Waals surface area contributed by atoms with Crippen molar-refractivity contribution in [3.63, 3.8) is 0 Å². The number of fused-ring (bicyclic) bond motifs is 6. The Morgan fingerprint density at radius 2 is 1.65 bits per heavy atom. The second kappa shape index (κ2) is 9.74. The number of halogens is 1. The van der Waals surface area contributed by atoms with Crippen molar-refractivity contribution < 1.29 is 19.3 Å². The number of benzene rings is 4. The van der Waals surface area contributed by atoms with Gasteiger partial charge in [-0.1, -0.05) is 78.3 Å². The molecule has 0 unspecified atom stereocenters. The Bertz CT molecular complexity index is 1920.